The van der Waals surface area contributed by atoms with Gasteiger partial charge in [-0.25, -0.2) is 4.68 Å². The number of nitrogens with zero attached hydrogens (tertiary/aromatic N) is 5. The van der Waals surface area contributed by atoms with E-state index in [1.165, 1.54) is 9.58 Å². The normalized spacial score (nSPS) is 11.8. The summed E-state index contributed by atoms with van der Waals surface area (Å²) in [5.74, 6) is -0.0844. The zero-order valence-electron chi connectivity index (χ0n) is 18.7. The molecule has 2 aromatic carbocycles. The number of carbonyl (C=O) groups is 2. The second-order valence-electron chi connectivity index (χ2n) is 7.82. The molecule has 5 rings (SSSR count). The Bertz CT molecular complexity index is 1420. The lowest BCUT2D eigenvalue weighted by Gasteiger charge is -2.31. The highest BCUT2D eigenvalue weighted by Crippen LogP contribution is 2.28. The first-order valence-electron chi connectivity index (χ1n) is 11.1. The Morgan fingerprint density at radius 2 is 1.80 bits per heavy atom. The number of amides is 2. The predicted octanol–water partition coefficient (Wildman–Crippen LogP) is 3.51. The molecule has 0 unspecified atom stereocenters. The fourth-order valence-electron chi connectivity index (χ4n) is 3.90. The van der Waals surface area contributed by atoms with Crippen LogP contribution in [0.3, 0.4) is 0 Å². The molecule has 0 aliphatic heterocycles. The number of pyridine rings is 1. The number of fused-ring (bicyclic) bond motifs is 1. The van der Waals surface area contributed by atoms with Gasteiger partial charge in [0.1, 0.15) is 23.9 Å². The number of furan rings is 1. The lowest BCUT2D eigenvalue weighted by Crippen LogP contribution is -2.45. The van der Waals surface area contributed by atoms with E-state index in [9.17, 15) is 9.59 Å². The van der Waals surface area contributed by atoms with Gasteiger partial charge in [-0.15, -0.1) is 5.10 Å². The van der Waals surface area contributed by atoms with E-state index in [1.54, 1.807) is 55.1 Å². The van der Waals surface area contributed by atoms with Gasteiger partial charge in [-0.05, 0) is 42.5 Å². The number of hydrogen-bond acceptors (Lipinski definition) is 6. The van der Waals surface area contributed by atoms with Crippen molar-refractivity contribution in [3.05, 3.63) is 109 Å². The summed E-state index contributed by atoms with van der Waals surface area (Å²) >= 11 is 0. The first-order valence-corrected chi connectivity index (χ1v) is 11.1. The summed E-state index contributed by atoms with van der Waals surface area (Å²) in [5, 5.41) is 11.2. The third-order valence-electron chi connectivity index (χ3n) is 5.53. The number of carbonyl (C=O) groups excluding carboxylic acids is 2. The number of nitrogens with one attached hydrogen (secondary N) is 1. The van der Waals surface area contributed by atoms with Crippen molar-refractivity contribution in [1.82, 2.24) is 25.3 Å². The topological polar surface area (TPSA) is 106 Å². The Balaban J connectivity index is 1.52. The largest absolute Gasteiger partial charge is 0.467 e. The van der Waals surface area contributed by atoms with Gasteiger partial charge in [0.05, 0.1) is 18.3 Å². The molecule has 35 heavy (non-hydrogen) atoms. The van der Waals surface area contributed by atoms with Crippen LogP contribution in [0.15, 0.2) is 102 Å². The number of rotatable bonds is 8. The molecular formula is C26H22N6O3. The van der Waals surface area contributed by atoms with Crippen molar-refractivity contribution < 1.29 is 14.0 Å². The molecule has 5 aromatic rings. The van der Waals surface area contributed by atoms with E-state index >= 15 is 0 Å². The smallest absolute Gasteiger partial charge is 0.249 e. The highest BCUT2D eigenvalue weighted by Gasteiger charge is 2.33. The van der Waals surface area contributed by atoms with E-state index in [4.69, 9.17) is 4.42 Å². The van der Waals surface area contributed by atoms with Crippen LogP contribution >= 0.6 is 0 Å². The Hall–Kier alpha value is -4.79. The maximum atomic E-state index is 13.8. The van der Waals surface area contributed by atoms with E-state index in [0.29, 0.717) is 22.5 Å². The molecule has 0 spiro atoms. The van der Waals surface area contributed by atoms with Gasteiger partial charge in [0, 0.05) is 23.6 Å². The Morgan fingerprint density at radius 1 is 0.971 bits per heavy atom. The van der Waals surface area contributed by atoms with Crippen molar-refractivity contribution in [3.8, 4) is 0 Å². The van der Waals surface area contributed by atoms with Gasteiger partial charge < -0.3 is 9.73 Å². The van der Waals surface area contributed by atoms with Gasteiger partial charge in [-0.2, -0.15) is 0 Å². The van der Waals surface area contributed by atoms with Crippen molar-refractivity contribution in [2.45, 2.75) is 19.1 Å². The van der Waals surface area contributed by atoms with Crippen LogP contribution in [-0.4, -0.2) is 31.8 Å². The van der Waals surface area contributed by atoms with Gasteiger partial charge >= 0.3 is 0 Å². The van der Waals surface area contributed by atoms with Crippen LogP contribution in [0.4, 0.5) is 5.69 Å². The molecule has 174 valence electrons. The minimum absolute atomic E-state index is 0.0996. The number of aromatic nitrogens is 4. The molecule has 0 bridgehead atoms. The molecule has 2 amide bonds. The second-order valence-corrected chi connectivity index (χ2v) is 7.82. The fraction of sp³-hybridized carbons (Fsp3) is 0.115. The molecule has 3 aromatic heterocycles. The van der Waals surface area contributed by atoms with Crippen molar-refractivity contribution in [2.75, 3.05) is 4.90 Å². The third-order valence-corrected chi connectivity index (χ3v) is 5.53. The minimum Gasteiger partial charge on any atom is -0.467 e. The standard InChI is InChI=1S/C26H22N6O3/c33-24(18-31-23-13-5-4-12-22(23)29-30-31)32(20-9-2-1-3-10-20)25(19-8-6-14-27-16-19)26(34)28-17-21-11-7-15-35-21/h1-16,25H,17-18H2,(H,28,34)/t25-/m1/s1. The maximum Gasteiger partial charge on any atom is 0.249 e. The second kappa shape index (κ2) is 10.0. The Morgan fingerprint density at radius 3 is 2.57 bits per heavy atom. The molecular weight excluding hydrogens is 444 g/mol. The molecule has 1 atom stereocenters. The lowest BCUT2D eigenvalue weighted by atomic mass is 10.0. The van der Waals surface area contributed by atoms with Crippen molar-refractivity contribution >= 4 is 28.5 Å². The van der Waals surface area contributed by atoms with E-state index in [-0.39, 0.29) is 24.9 Å². The molecule has 0 saturated heterocycles. The molecule has 0 aliphatic rings. The number of anilines is 1. The van der Waals surface area contributed by atoms with Crippen molar-refractivity contribution in [3.63, 3.8) is 0 Å². The number of hydrogen-bond donors (Lipinski definition) is 1. The molecule has 0 saturated carbocycles. The summed E-state index contributed by atoms with van der Waals surface area (Å²) in [6.07, 6.45) is 4.76. The Kier molecular flexibility index (Phi) is 6.29. The summed E-state index contributed by atoms with van der Waals surface area (Å²) in [5.41, 5.74) is 2.56. The van der Waals surface area contributed by atoms with Crippen LogP contribution in [0, 0.1) is 0 Å². The zero-order valence-corrected chi connectivity index (χ0v) is 18.7. The summed E-state index contributed by atoms with van der Waals surface area (Å²) in [7, 11) is 0. The summed E-state index contributed by atoms with van der Waals surface area (Å²) in [6.45, 7) is 0.0881. The van der Waals surface area contributed by atoms with Crippen LogP contribution in [0.1, 0.15) is 17.4 Å². The van der Waals surface area contributed by atoms with E-state index in [1.807, 2.05) is 42.5 Å². The summed E-state index contributed by atoms with van der Waals surface area (Å²) < 4.78 is 6.88. The minimum atomic E-state index is -0.969. The first kappa shape index (κ1) is 22.0. The lowest BCUT2D eigenvalue weighted by molar-refractivity contribution is -0.127. The van der Waals surface area contributed by atoms with Crippen LogP contribution in [-0.2, 0) is 22.7 Å². The highest BCUT2D eigenvalue weighted by atomic mass is 16.3. The monoisotopic (exact) mass is 466 g/mol. The van der Waals surface area contributed by atoms with E-state index in [2.05, 4.69) is 20.6 Å². The van der Waals surface area contributed by atoms with Crippen molar-refractivity contribution in [1.29, 1.82) is 0 Å². The van der Waals surface area contributed by atoms with Gasteiger partial charge in [0.25, 0.3) is 0 Å². The highest BCUT2D eigenvalue weighted by molar-refractivity contribution is 6.01. The van der Waals surface area contributed by atoms with Crippen LogP contribution in [0.2, 0.25) is 0 Å². The average Bonchev–Trinajstić information content (AvgIpc) is 3.57. The van der Waals surface area contributed by atoms with Gasteiger partial charge in [0.2, 0.25) is 11.8 Å². The van der Waals surface area contributed by atoms with Gasteiger partial charge in [-0.3, -0.25) is 19.5 Å². The molecule has 0 radical (unpaired) electrons. The molecule has 0 fully saturated rings. The first-order chi connectivity index (χ1) is 17.2. The number of para-hydroxylation sites is 2. The Labute approximate surface area is 201 Å². The third kappa shape index (κ3) is 4.79. The summed E-state index contributed by atoms with van der Waals surface area (Å²) in [4.78, 5) is 33.1. The average molecular weight is 467 g/mol. The van der Waals surface area contributed by atoms with Crippen molar-refractivity contribution in [2.24, 2.45) is 0 Å². The molecule has 1 N–H and O–H groups in total. The SMILES string of the molecule is O=C(NCc1ccco1)[C@@H](c1cccnc1)N(C(=O)Cn1nnc2ccccc21)c1ccccc1. The number of benzene rings is 2. The van der Waals surface area contributed by atoms with Gasteiger partial charge in [-0.1, -0.05) is 41.6 Å². The van der Waals surface area contributed by atoms with Crippen LogP contribution in [0.5, 0.6) is 0 Å². The predicted molar refractivity (Wildman–Crippen MR) is 129 cm³/mol. The van der Waals surface area contributed by atoms with Crippen LogP contribution < -0.4 is 10.2 Å². The maximum absolute atomic E-state index is 13.8. The van der Waals surface area contributed by atoms with Crippen LogP contribution in [0.25, 0.3) is 11.0 Å². The van der Waals surface area contributed by atoms with Gasteiger partial charge in [0.15, 0.2) is 0 Å². The van der Waals surface area contributed by atoms with E-state index in [0.717, 1.165) is 5.52 Å². The molecule has 3 heterocycles. The quantitative estimate of drug-likeness (QED) is 0.375. The molecule has 9 heteroatoms. The van der Waals surface area contributed by atoms with E-state index < -0.39 is 6.04 Å². The zero-order chi connectivity index (χ0) is 24.0. The summed E-state index contributed by atoms with van der Waals surface area (Å²) in [6, 6.07) is 22.6. The molecule has 9 nitrogen and oxygen atoms in total. The fourth-order valence-corrected chi connectivity index (χ4v) is 3.90. The molecule has 0 aliphatic carbocycles.